The van der Waals surface area contributed by atoms with Gasteiger partial charge in [0.1, 0.15) is 0 Å². The third-order valence-corrected chi connectivity index (χ3v) is 9.27. The number of quaternary nitrogens is 1. The summed E-state index contributed by atoms with van der Waals surface area (Å²) in [5.41, 5.74) is 0. The Hall–Kier alpha value is 1.89. The normalized spacial score (nSPS) is 10.5. The van der Waals surface area contributed by atoms with Crippen LogP contribution in [0, 0.1) is 0 Å². The van der Waals surface area contributed by atoms with E-state index in [1.807, 2.05) is 0 Å². The largest absolute Gasteiger partial charge is 1.00 e. The molecular weight excluding hydrogens is 458 g/mol. The Kier molecular flexibility index (Phi) is 49.0. The average Bonchev–Trinajstić information content (AvgIpc) is 2.78. The van der Waals surface area contributed by atoms with Gasteiger partial charge in [-0.2, -0.15) is 0 Å². The molecule has 0 heterocycles. The first-order chi connectivity index (χ1) is 14.6. The molecule has 0 fully saturated rings. The van der Waals surface area contributed by atoms with Crippen molar-refractivity contribution >= 4 is 7.92 Å². The van der Waals surface area contributed by atoms with Crippen LogP contribution in [0.25, 0.3) is 0 Å². The zero-order chi connectivity index (χ0) is 22.9. The fourth-order valence-electron chi connectivity index (χ4n) is 4.13. The summed E-state index contributed by atoms with van der Waals surface area (Å²) in [5, 5.41) is 0. The molecule has 0 spiro atoms. The molecule has 1 nitrogen and oxygen atoms in total. The van der Waals surface area contributed by atoms with E-state index in [9.17, 15) is 0 Å². The summed E-state index contributed by atoms with van der Waals surface area (Å²) in [5.74, 6) is 0. The maximum atomic E-state index is 2.33. The minimum absolute atomic E-state index is 0. The molecule has 0 aliphatic rings. The monoisotopic (exact) mass is 521 g/mol. The van der Waals surface area contributed by atoms with Crippen LogP contribution in [0.4, 0.5) is 0 Å². The van der Waals surface area contributed by atoms with Gasteiger partial charge in [-0.3, -0.25) is 0 Å². The van der Waals surface area contributed by atoms with Crippen molar-refractivity contribution in [2.45, 2.75) is 138 Å². The van der Waals surface area contributed by atoms with E-state index < -0.39 is 0 Å². The molecule has 0 rings (SSSR count). The molecule has 0 bridgehead atoms. The van der Waals surface area contributed by atoms with Crippen molar-refractivity contribution in [2.75, 3.05) is 44.7 Å². The molecule has 5 heteroatoms. The van der Waals surface area contributed by atoms with E-state index in [4.69, 9.17) is 0 Å². The van der Waals surface area contributed by atoms with E-state index in [0.717, 1.165) is 0 Å². The number of unbranched alkanes of at least 4 members (excludes halogenated alkanes) is 7. The number of nitrogens with zero attached hydrogens (tertiary/aromatic N) is 1. The maximum Gasteiger partial charge on any atom is 1.00 e. The quantitative estimate of drug-likeness (QED) is 0.120. The molecule has 33 heavy (non-hydrogen) atoms. The SMILES string of the molecule is CCCCP(CCCC)CCCC.CCCC[N+](CCCC)(CCCC)CCCC.[F-].[F-].[K+]. The van der Waals surface area contributed by atoms with Gasteiger partial charge in [-0.25, -0.2) is 0 Å². The van der Waals surface area contributed by atoms with Crippen molar-refractivity contribution < 1.29 is 65.3 Å². The predicted octanol–water partition coefficient (Wildman–Crippen LogP) is 0.884. The first-order valence-electron chi connectivity index (χ1n) is 14.2. The molecule has 0 aromatic heterocycles. The first kappa shape index (κ1) is 44.8. The predicted molar refractivity (Wildman–Crippen MR) is 146 cm³/mol. The van der Waals surface area contributed by atoms with E-state index in [1.54, 1.807) is 18.5 Å². The molecule has 0 saturated carbocycles. The number of halogens is 2. The van der Waals surface area contributed by atoms with E-state index in [1.165, 1.54) is 121 Å². The van der Waals surface area contributed by atoms with Crippen LogP contribution in [0.2, 0.25) is 0 Å². The zero-order valence-corrected chi connectivity index (χ0v) is 28.5. The fourth-order valence-corrected chi connectivity index (χ4v) is 7.09. The third-order valence-electron chi connectivity index (χ3n) is 6.43. The number of hydrogen-bond donors (Lipinski definition) is 0. The van der Waals surface area contributed by atoms with Gasteiger partial charge in [-0.15, -0.1) is 7.92 Å². The molecule has 0 radical (unpaired) electrons. The van der Waals surface area contributed by atoms with E-state index in [2.05, 4.69) is 48.5 Å². The molecule has 200 valence electrons. The summed E-state index contributed by atoms with van der Waals surface area (Å²) in [7, 11) is 0.422. The Morgan fingerprint density at radius 3 is 0.788 bits per heavy atom. The van der Waals surface area contributed by atoms with Gasteiger partial charge in [-0.05, 0) is 63.4 Å². The summed E-state index contributed by atoms with van der Waals surface area (Å²) >= 11 is 0. The van der Waals surface area contributed by atoms with Gasteiger partial charge in [0.2, 0.25) is 0 Å². The van der Waals surface area contributed by atoms with E-state index in [0.29, 0.717) is 7.92 Å². The molecule has 0 atom stereocenters. The Labute approximate surface area is 253 Å². The number of hydrogen-bond acceptors (Lipinski definition) is 0. The van der Waals surface area contributed by atoms with Crippen molar-refractivity contribution in [3.63, 3.8) is 0 Å². The van der Waals surface area contributed by atoms with Gasteiger partial charge >= 0.3 is 51.4 Å². The van der Waals surface area contributed by atoms with Crippen LogP contribution in [0.5, 0.6) is 0 Å². The summed E-state index contributed by atoms with van der Waals surface area (Å²) in [6, 6.07) is 0. The Morgan fingerprint density at radius 1 is 0.394 bits per heavy atom. The van der Waals surface area contributed by atoms with E-state index in [-0.39, 0.29) is 60.8 Å². The third kappa shape index (κ3) is 30.0. The van der Waals surface area contributed by atoms with Gasteiger partial charge in [0, 0.05) is 0 Å². The minimum Gasteiger partial charge on any atom is -1.00 e. The first-order valence-corrected chi connectivity index (χ1v) is 16.1. The second-order valence-electron chi connectivity index (χ2n) is 9.55. The minimum atomic E-state index is 0. The van der Waals surface area contributed by atoms with Gasteiger partial charge in [0.05, 0.1) is 26.2 Å². The molecule has 0 aliphatic carbocycles. The van der Waals surface area contributed by atoms with Crippen LogP contribution in [-0.2, 0) is 0 Å². The molecular formula is C28H63F2KNP. The topological polar surface area (TPSA) is 0 Å². The van der Waals surface area contributed by atoms with Crippen LogP contribution in [-0.4, -0.2) is 49.1 Å². The second-order valence-corrected chi connectivity index (χ2v) is 12.2. The van der Waals surface area contributed by atoms with Gasteiger partial charge < -0.3 is 13.9 Å². The maximum absolute atomic E-state index is 2.33. The molecule has 0 aromatic rings. The summed E-state index contributed by atoms with van der Waals surface area (Å²) in [6.07, 6.45) is 24.3. The molecule has 0 aliphatic heterocycles. The van der Waals surface area contributed by atoms with Gasteiger partial charge in [-0.1, -0.05) is 93.4 Å². The van der Waals surface area contributed by atoms with Gasteiger partial charge in [0.25, 0.3) is 0 Å². The zero-order valence-electron chi connectivity index (χ0n) is 24.5. The standard InChI is InChI=1S/C16H36N.C12H27P.2FH.K/c1-5-9-13-17(14-10-6-2,15-11-7-3)16-12-8-4;1-4-7-10-13(11-8-5-2)12-9-6-3;;;/h5-16H2,1-4H3;4-12H2,1-3H3;2*1H;/q+1;;;;+1/p-2. The molecule has 0 unspecified atom stereocenters. The van der Waals surface area contributed by atoms with Gasteiger partial charge in [0.15, 0.2) is 0 Å². The van der Waals surface area contributed by atoms with Crippen molar-refractivity contribution in [1.82, 2.24) is 0 Å². The Morgan fingerprint density at radius 2 is 0.606 bits per heavy atom. The smallest absolute Gasteiger partial charge is 1.00 e. The van der Waals surface area contributed by atoms with Crippen LogP contribution in [0.15, 0.2) is 0 Å². The summed E-state index contributed by atoms with van der Waals surface area (Å²) < 4.78 is 1.42. The van der Waals surface area contributed by atoms with Crippen LogP contribution >= 0.6 is 7.92 Å². The van der Waals surface area contributed by atoms with Crippen LogP contribution < -0.4 is 60.8 Å². The Balaban J connectivity index is -0.000000149. The van der Waals surface area contributed by atoms with E-state index >= 15 is 0 Å². The van der Waals surface area contributed by atoms with Crippen LogP contribution in [0.3, 0.4) is 0 Å². The van der Waals surface area contributed by atoms with Crippen molar-refractivity contribution in [3.8, 4) is 0 Å². The molecule has 0 saturated heterocycles. The second kappa shape index (κ2) is 36.0. The van der Waals surface area contributed by atoms with Crippen molar-refractivity contribution in [1.29, 1.82) is 0 Å². The average molecular weight is 522 g/mol. The molecule has 0 amide bonds. The van der Waals surface area contributed by atoms with Crippen molar-refractivity contribution in [2.24, 2.45) is 0 Å². The Bertz CT molecular complexity index is 266. The fraction of sp³-hybridized carbons (Fsp3) is 1.00. The van der Waals surface area contributed by atoms with Crippen LogP contribution in [0.1, 0.15) is 138 Å². The molecule has 0 aromatic carbocycles. The number of rotatable bonds is 21. The summed E-state index contributed by atoms with van der Waals surface area (Å²) in [6.45, 7) is 22.0. The summed E-state index contributed by atoms with van der Waals surface area (Å²) in [4.78, 5) is 0. The molecule has 0 N–H and O–H groups in total. The van der Waals surface area contributed by atoms with Crippen molar-refractivity contribution in [3.05, 3.63) is 0 Å².